The van der Waals surface area contributed by atoms with E-state index in [-0.39, 0.29) is 11.9 Å². The van der Waals surface area contributed by atoms with Crippen molar-refractivity contribution in [2.24, 2.45) is 7.05 Å². The van der Waals surface area contributed by atoms with E-state index in [1.54, 1.807) is 28.0 Å². The Labute approximate surface area is 196 Å². The molecular weight excluding hydrogens is 438 g/mol. The minimum absolute atomic E-state index is 0.0269. The van der Waals surface area contributed by atoms with Gasteiger partial charge in [0.1, 0.15) is 17.2 Å². The molecule has 0 radical (unpaired) electrons. The number of halogens is 1. The molecule has 0 bridgehead atoms. The maximum atomic E-state index is 13.9. The molecule has 1 N–H and O–H groups in total. The molecule has 8 nitrogen and oxygen atoms in total. The molecule has 0 spiro atoms. The number of aryl methyl sites for hydroxylation is 2. The standard InChI is InChI=1S/C24H24ClN7O/c1-15-10-18(25)11-16-7-9-27-23(22(15)16)32(19-4-3-8-26-13-19)24(33)20-6-5-17(12-28-20)21-14-31(2)30-29-21/h5-7,9-12,14,19,26H,3-4,8,13H2,1-2H3. The number of aromatic nitrogens is 5. The van der Waals surface area contributed by atoms with Crippen molar-refractivity contribution in [3.05, 3.63) is 65.2 Å². The molecule has 9 heteroatoms. The van der Waals surface area contributed by atoms with Crippen LogP contribution in [0, 0.1) is 6.92 Å². The van der Waals surface area contributed by atoms with Crippen LogP contribution < -0.4 is 10.2 Å². The number of hydrogen-bond acceptors (Lipinski definition) is 6. The van der Waals surface area contributed by atoms with E-state index in [1.165, 1.54) is 0 Å². The lowest BCUT2D eigenvalue weighted by molar-refractivity contribution is 0.0967. The topological polar surface area (TPSA) is 88.8 Å². The van der Waals surface area contributed by atoms with Gasteiger partial charge in [0.15, 0.2) is 0 Å². The van der Waals surface area contributed by atoms with Crippen molar-refractivity contribution in [1.29, 1.82) is 0 Å². The van der Waals surface area contributed by atoms with Gasteiger partial charge in [0, 0.05) is 42.0 Å². The van der Waals surface area contributed by atoms with Crippen molar-refractivity contribution in [2.45, 2.75) is 25.8 Å². The van der Waals surface area contributed by atoms with Gasteiger partial charge in [-0.2, -0.15) is 0 Å². The predicted octanol–water partition coefficient (Wildman–Crippen LogP) is 3.79. The number of carbonyl (C=O) groups is 1. The molecule has 0 saturated carbocycles. The first-order valence-corrected chi connectivity index (χ1v) is 11.3. The highest BCUT2D eigenvalue weighted by molar-refractivity contribution is 6.31. The fraction of sp³-hybridized carbons (Fsp3) is 0.292. The molecule has 1 atom stereocenters. The Kier molecular flexibility index (Phi) is 5.78. The van der Waals surface area contributed by atoms with E-state index in [0.29, 0.717) is 28.8 Å². The zero-order valence-electron chi connectivity index (χ0n) is 18.5. The maximum Gasteiger partial charge on any atom is 0.278 e. The highest BCUT2D eigenvalue weighted by Crippen LogP contribution is 2.33. The summed E-state index contributed by atoms with van der Waals surface area (Å²) in [5.74, 6) is 0.462. The van der Waals surface area contributed by atoms with Crippen LogP contribution in [-0.4, -0.2) is 50.0 Å². The van der Waals surface area contributed by atoms with Crippen LogP contribution in [0.1, 0.15) is 28.9 Å². The molecule has 3 aromatic heterocycles. The van der Waals surface area contributed by atoms with Crippen molar-refractivity contribution >= 4 is 34.1 Å². The minimum Gasteiger partial charge on any atom is -0.315 e. The van der Waals surface area contributed by atoms with E-state index in [0.717, 1.165) is 41.3 Å². The Hall–Kier alpha value is -3.36. The van der Waals surface area contributed by atoms with Crippen LogP contribution in [0.2, 0.25) is 5.02 Å². The SMILES string of the molecule is Cc1cc(Cl)cc2ccnc(N(C(=O)c3ccc(-c4cn(C)nn4)cn3)C3CCCNC3)c12. The first-order valence-electron chi connectivity index (χ1n) is 10.9. The molecular formula is C24H24ClN7O. The van der Waals surface area contributed by atoms with Crippen molar-refractivity contribution in [3.63, 3.8) is 0 Å². The largest absolute Gasteiger partial charge is 0.315 e. The number of carbonyl (C=O) groups excluding carboxylic acids is 1. The number of nitrogens with zero attached hydrogens (tertiary/aromatic N) is 6. The molecule has 4 aromatic rings. The minimum atomic E-state index is -0.177. The number of nitrogens with one attached hydrogen (secondary N) is 1. The molecule has 0 aliphatic carbocycles. The number of fused-ring (bicyclic) bond motifs is 1. The lowest BCUT2D eigenvalue weighted by Crippen LogP contribution is -2.49. The number of pyridine rings is 2. The molecule has 1 amide bonds. The Morgan fingerprint density at radius 2 is 2.12 bits per heavy atom. The van der Waals surface area contributed by atoms with Gasteiger partial charge in [-0.3, -0.25) is 19.4 Å². The molecule has 5 rings (SSSR count). The maximum absolute atomic E-state index is 13.9. The molecule has 1 unspecified atom stereocenters. The summed E-state index contributed by atoms with van der Waals surface area (Å²) in [5.41, 5.74) is 2.85. The molecule has 168 valence electrons. The van der Waals surface area contributed by atoms with E-state index < -0.39 is 0 Å². The van der Waals surface area contributed by atoms with E-state index in [1.807, 2.05) is 44.4 Å². The molecule has 33 heavy (non-hydrogen) atoms. The normalized spacial score (nSPS) is 16.2. The number of anilines is 1. The van der Waals surface area contributed by atoms with Gasteiger partial charge in [0.25, 0.3) is 5.91 Å². The molecule has 1 aliphatic heterocycles. The zero-order valence-corrected chi connectivity index (χ0v) is 19.3. The molecule has 1 aliphatic rings. The van der Waals surface area contributed by atoms with Crippen LogP contribution in [0.15, 0.2) is 48.9 Å². The fourth-order valence-electron chi connectivity index (χ4n) is 4.40. The van der Waals surface area contributed by atoms with E-state index in [4.69, 9.17) is 11.6 Å². The summed E-state index contributed by atoms with van der Waals surface area (Å²) < 4.78 is 1.63. The van der Waals surface area contributed by atoms with Crippen LogP contribution in [-0.2, 0) is 7.05 Å². The highest BCUT2D eigenvalue weighted by Gasteiger charge is 2.31. The van der Waals surface area contributed by atoms with E-state index >= 15 is 0 Å². The summed E-state index contributed by atoms with van der Waals surface area (Å²) in [7, 11) is 1.81. The number of rotatable bonds is 4. The van der Waals surface area contributed by atoms with Crippen molar-refractivity contribution in [2.75, 3.05) is 18.0 Å². The summed E-state index contributed by atoms with van der Waals surface area (Å²) in [6, 6.07) is 9.30. The lowest BCUT2D eigenvalue weighted by atomic mass is 10.0. The third kappa shape index (κ3) is 4.19. The first kappa shape index (κ1) is 21.5. The number of amides is 1. The van der Waals surface area contributed by atoms with Crippen LogP contribution in [0.25, 0.3) is 22.0 Å². The van der Waals surface area contributed by atoms with Gasteiger partial charge in [0.2, 0.25) is 0 Å². The van der Waals surface area contributed by atoms with Crippen molar-refractivity contribution in [3.8, 4) is 11.3 Å². The summed E-state index contributed by atoms with van der Waals surface area (Å²) in [6.45, 7) is 3.64. The molecule has 1 aromatic carbocycles. The average molecular weight is 462 g/mol. The second-order valence-electron chi connectivity index (χ2n) is 8.34. The third-order valence-corrected chi connectivity index (χ3v) is 6.19. The fourth-order valence-corrected chi connectivity index (χ4v) is 4.69. The van der Waals surface area contributed by atoms with Crippen LogP contribution in [0.3, 0.4) is 0 Å². The Morgan fingerprint density at radius 3 is 2.82 bits per heavy atom. The summed E-state index contributed by atoms with van der Waals surface area (Å²) in [5, 5.41) is 14.0. The third-order valence-electron chi connectivity index (χ3n) is 5.97. The number of hydrogen-bond donors (Lipinski definition) is 1. The monoisotopic (exact) mass is 461 g/mol. The molecule has 1 fully saturated rings. The van der Waals surface area contributed by atoms with Gasteiger partial charge in [-0.05, 0) is 67.6 Å². The van der Waals surface area contributed by atoms with Crippen molar-refractivity contribution < 1.29 is 4.79 Å². The van der Waals surface area contributed by atoms with Gasteiger partial charge >= 0.3 is 0 Å². The summed E-state index contributed by atoms with van der Waals surface area (Å²) in [4.78, 5) is 24.8. The highest BCUT2D eigenvalue weighted by atomic mass is 35.5. The Bertz CT molecular complexity index is 1310. The zero-order chi connectivity index (χ0) is 22.9. The summed E-state index contributed by atoms with van der Waals surface area (Å²) in [6.07, 6.45) is 7.08. The van der Waals surface area contributed by atoms with Gasteiger partial charge in [-0.25, -0.2) is 4.98 Å². The first-order chi connectivity index (χ1) is 16.0. The van der Waals surface area contributed by atoms with Gasteiger partial charge in [-0.1, -0.05) is 16.8 Å². The van der Waals surface area contributed by atoms with Gasteiger partial charge in [-0.15, -0.1) is 5.10 Å². The second-order valence-corrected chi connectivity index (χ2v) is 8.78. The Balaban J connectivity index is 1.58. The number of piperidine rings is 1. The predicted molar refractivity (Wildman–Crippen MR) is 128 cm³/mol. The molecule has 4 heterocycles. The van der Waals surface area contributed by atoms with Crippen LogP contribution in [0.5, 0.6) is 0 Å². The van der Waals surface area contributed by atoms with Gasteiger partial charge < -0.3 is 5.32 Å². The van der Waals surface area contributed by atoms with E-state index in [2.05, 4.69) is 25.6 Å². The smallest absolute Gasteiger partial charge is 0.278 e. The number of benzene rings is 1. The van der Waals surface area contributed by atoms with Crippen LogP contribution in [0.4, 0.5) is 5.82 Å². The van der Waals surface area contributed by atoms with Gasteiger partial charge in [0.05, 0.1) is 12.2 Å². The van der Waals surface area contributed by atoms with E-state index in [9.17, 15) is 4.79 Å². The average Bonchev–Trinajstić information content (AvgIpc) is 3.26. The molecule has 1 saturated heterocycles. The van der Waals surface area contributed by atoms with Crippen LogP contribution >= 0.6 is 11.6 Å². The van der Waals surface area contributed by atoms with Crippen molar-refractivity contribution in [1.82, 2.24) is 30.3 Å². The lowest BCUT2D eigenvalue weighted by Gasteiger charge is -2.34. The quantitative estimate of drug-likeness (QED) is 0.497. The summed E-state index contributed by atoms with van der Waals surface area (Å²) >= 11 is 6.30. The Morgan fingerprint density at radius 1 is 1.24 bits per heavy atom. The second kappa shape index (κ2) is 8.88.